The lowest BCUT2D eigenvalue weighted by Crippen LogP contribution is -2.01. The Balaban J connectivity index is 2.18. The van der Waals surface area contributed by atoms with Gasteiger partial charge >= 0.3 is 11.5 Å². The first kappa shape index (κ1) is 14.9. The summed E-state index contributed by atoms with van der Waals surface area (Å²) in [5.74, 6) is -0.545. The quantitative estimate of drug-likeness (QED) is 0.627. The van der Waals surface area contributed by atoms with Crippen LogP contribution in [0.3, 0.4) is 0 Å². The number of ether oxygens (including phenoxy) is 1. The van der Waals surface area contributed by atoms with E-state index in [2.05, 4.69) is 9.72 Å². The highest BCUT2D eigenvalue weighted by atomic mass is 32.2. The maximum Gasteiger partial charge on any atom is 0.446 e. The van der Waals surface area contributed by atoms with Crippen LogP contribution in [0.25, 0.3) is 10.6 Å². The molecule has 0 saturated carbocycles. The Morgan fingerprint density at radius 1 is 1.30 bits per heavy atom. The SMILES string of the molecule is COC(=O)c1csc(-c2ccc(SC(F)(F)F)cc2)n1. The van der Waals surface area contributed by atoms with Crippen molar-refractivity contribution >= 4 is 29.1 Å². The number of methoxy groups -OCH3 is 1. The third kappa shape index (κ3) is 3.73. The Hall–Kier alpha value is -1.54. The molecule has 1 aromatic carbocycles. The summed E-state index contributed by atoms with van der Waals surface area (Å²) < 4.78 is 41.1. The topological polar surface area (TPSA) is 39.2 Å². The number of alkyl halides is 3. The molecule has 8 heteroatoms. The monoisotopic (exact) mass is 319 g/mol. The van der Waals surface area contributed by atoms with E-state index in [1.165, 1.54) is 42.7 Å². The number of carbonyl (C=O) groups is 1. The first-order valence-electron chi connectivity index (χ1n) is 5.29. The van der Waals surface area contributed by atoms with E-state index < -0.39 is 11.5 Å². The molecule has 0 radical (unpaired) electrons. The Morgan fingerprint density at radius 2 is 1.95 bits per heavy atom. The van der Waals surface area contributed by atoms with E-state index in [1.807, 2.05) is 0 Å². The van der Waals surface area contributed by atoms with E-state index in [0.717, 1.165) is 0 Å². The summed E-state index contributed by atoms with van der Waals surface area (Å²) in [5, 5.41) is 2.09. The number of carbonyl (C=O) groups excluding carboxylic acids is 1. The molecule has 0 atom stereocenters. The molecule has 0 fully saturated rings. The second-order valence-corrected chi connectivity index (χ2v) is 5.60. The highest BCUT2D eigenvalue weighted by Gasteiger charge is 2.29. The third-order valence-electron chi connectivity index (χ3n) is 2.23. The number of nitrogens with zero attached hydrogens (tertiary/aromatic N) is 1. The Labute approximate surface area is 120 Å². The number of halogens is 3. The summed E-state index contributed by atoms with van der Waals surface area (Å²) in [6, 6.07) is 5.81. The van der Waals surface area contributed by atoms with Crippen LogP contribution >= 0.6 is 23.1 Å². The summed E-state index contributed by atoms with van der Waals surface area (Å²) in [4.78, 5) is 15.4. The molecule has 0 aliphatic rings. The van der Waals surface area contributed by atoms with Gasteiger partial charge in [-0.05, 0) is 23.9 Å². The predicted octanol–water partition coefficient (Wildman–Crippen LogP) is 4.21. The van der Waals surface area contributed by atoms with Gasteiger partial charge in [0.1, 0.15) is 5.01 Å². The normalized spacial score (nSPS) is 11.4. The van der Waals surface area contributed by atoms with E-state index in [-0.39, 0.29) is 22.4 Å². The number of aromatic nitrogens is 1. The smallest absolute Gasteiger partial charge is 0.446 e. The summed E-state index contributed by atoms with van der Waals surface area (Å²) in [6.07, 6.45) is 0. The Morgan fingerprint density at radius 3 is 2.50 bits per heavy atom. The van der Waals surface area contributed by atoms with Crippen LogP contribution in [0.1, 0.15) is 10.5 Å². The fourth-order valence-corrected chi connectivity index (χ4v) is 2.74. The third-order valence-corrected chi connectivity index (χ3v) is 3.86. The molecular weight excluding hydrogens is 311 g/mol. The summed E-state index contributed by atoms with van der Waals surface area (Å²) in [5.41, 5.74) is -3.47. The second kappa shape index (κ2) is 5.84. The van der Waals surface area contributed by atoms with Crippen LogP contribution in [0.2, 0.25) is 0 Å². The van der Waals surface area contributed by atoms with Crippen molar-refractivity contribution in [3.05, 3.63) is 35.3 Å². The van der Waals surface area contributed by atoms with Crippen LogP contribution in [-0.4, -0.2) is 23.6 Å². The molecule has 3 nitrogen and oxygen atoms in total. The standard InChI is InChI=1S/C12H8F3NO2S2/c1-18-11(17)9-6-19-10(16-9)7-2-4-8(5-3-7)20-12(13,14)15/h2-6H,1H3. The van der Waals surface area contributed by atoms with Crippen LogP contribution in [0.5, 0.6) is 0 Å². The van der Waals surface area contributed by atoms with Crippen molar-refractivity contribution in [2.75, 3.05) is 7.11 Å². The first-order chi connectivity index (χ1) is 9.39. The summed E-state index contributed by atoms with van der Waals surface area (Å²) in [6.45, 7) is 0. The van der Waals surface area contributed by atoms with Crippen molar-refractivity contribution in [2.24, 2.45) is 0 Å². The summed E-state index contributed by atoms with van der Waals surface area (Å²) in [7, 11) is 1.25. The highest BCUT2D eigenvalue weighted by molar-refractivity contribution is 8.00. The molecule has 2 rings (SSSR count). The summed E-state index contributed by atoms with van der Waals surface area (Å²) >= 11 is 1.05. The maximum atomic E-state index is 12.2. The molecule has 0 spiro atoms. The maximum absolute atomic E-state index is 12.2. The van der Waals surface area contributed by atoms with Gasteiger partial charge in [0.15, 0.2) is 5.69 Å². The molecule has 0 amide bonds. The predicted molar refractivity (Wildman–Crippen MR) is 70.8 cm³/mol. The first-order valence-corrected chi connectivity index (χ1v) is 6.98. The molecule has 0 aliphatic carbocycles. The molecule has 0 N–H and O–H groups in total. The Bertz CT molecular complexity index is 608. The van der Waals surface area contributed by atoms with Gasteiger partial charge in [0.05, 0.1) is 7.11 Å². The average Bonchev–Trinajstić information content (AvgIpc) is 2.86. The van der Waals surface area contributed by atoms with Gasteiger partial charge in [0.25, 0.3) is 0 Å². The number of benzene rings is 1. The number of hydrogen-bond donors (Lipinski definition) is 0. The zero-order valence-electron chi connectivity index (χ0n) is 10.1. The average molecular weight is 319 g/mol. The molecule has 1 heterocycles. The number of thioether (sulfide) groups is 1. The fraction of sp³-hybridized carbons (Fsp3) is 0.167. The largest absolute Gasteiger partial charge is 0.464 e. The van der Waals surface area contributed by atoms with Crippen molar-refractivity contribution in [1.29, 1.82) is 0 Å². The van der Waals surface area contributed by atoms with Gasteiger partial charge in [-0.25, -0.2) is 9.78 Å². The van der Waals surface area contributed by atoms with Gasteiger partial charge in [0.2, 0.25) is 0 Å². The van der Waals surface area contributed by atoms with Crippen LogP contribution in [0.4, 0.5) is 13.2 Å². The lowest BCUT2D eigenvalue weighted by Gasteiger charge is -2.05. The zero-order chi connectivity index (χ0) is 14.8. The van der Waals surface area contributed by atoms with Crippen molar-refractivity contribution in [3.63, 3.8) is 0 Å². The molecular formula is C12H8F3NO2S2. The molecule has 0 unspecified atom stereocenters. The highest BCUT2D eigenvalue weighted by Crippen LogP contribution is 2.37. The van der Waals surface area contributed by atoms with Crippen LogP contribution in [0, 0.1) is 0 Å². The van der Waals surface area contributed by atoms with Crippen molar-refractivity contribution in [2.45, 2.75) is 10.4 Å². The van der Waals surface area contributed by atoms with Gasteiger partial charge < -0.3 is 4.74 Å². The van der Waals surface area contributed by atoms with E-state index >= 15 is 0 Å². The lowest BCUT2D eigenvalue weighted by molar-refractivity contribution is -0.0328. The van der Waals surface area contributed by atoms with Crippen LogP contribution in [-0.2, 0) is 4.74 Å². The molecule has 0 aliphatic heterocycles. The Kier molecular flexibility index (Phi) is 4.34. The van der Waals surface area contributed by atoms with E-state index in [4.69, 9.17) is 0 Å². The molecule has 2 aromatic rings. The van der Waals surface area contributed by atoms with Gasteiger partial charge in [-0.1, -0.05) is 12.1 Å². The van der Waals surface area contributed by atoms with Gasteiger partial charge in [-0.2, -0.15) is 13.2 Å². The van der Waals surface area contributed by atoms with Crippen molar-refractivity contribution in [3.8, 4) is 10.6 Å². The van der Waals surface area contributed by atoms with E-state index in [1.54, 1.807) is 5.38 Å². The molecule has 106 valence electrons. The number of hydrogen-bond acceptors (Lipinski definition) is 5. The minimum Gasteiger partial charge on any atom is -0.464 e. The second-order valence-electron chi connectivity index (χ2n) is 3.60. The lowest BCUT2D eigenvalue weighted by atomic mass is 10.2. The van der Waals surface area contributed by atoms with E-state index in [9.17, 15) is 18.0 Å². The zero-order valence-corrected chi connectivity index (χ0v) is 11.7. The number of esters is 1. The van der Waals surface area contributed by atoms with Crippen LogP contribution in [0.15, 0.2) is 34.5 Å². The molecule has 20 heavy (non-hydrogen) atoms. The van der Waals surface area contributed by atoms with E-state index in [0.29, 0.717) is 10.6 Å². The number of thiazole rings is 1. The van der Waals surface area contributed by atoms with Crippen LogP contribution < -0.4 is 0 Å². The molecule has 1 aromatic heterocycles. The fourth-order valence-electron chi connectivity index (χ4n) is 1.40. The number of rotatable bonds is 3. The van der Waals surface area contributed by atoms with Gasteiger partial charge in [-0.15, -0.1) is 11.3 Å². The molecule has 0 bridgehead atoms. The van der Waals surface area contributed by atoms with Gasteiger partial charge in [0, 0.05) is 15.8 Å². The molecule has 0 saturated heterocycles. The van der Waals surface area contributed by atoms with Crippen molar-refractivity contribution < 1.29 is 22.7 Å². The minimum atomic E-state index is -4.30. The van der Waals surface area contributed by atoms with Crippen molar-refractivity contribution in [1.82, 2.24) is 4.98 Å². The minimum absolute atomic E-state index is 0.103. The van der Waals surface area contributed by atoms with Gasteiger partial charge in [-0.3, -0.25) is 0 Å².